The molecule has 0 aromatic carbocycles. The van der Waals surface area contributed by atoms with Crippen LogP contribution in [0.4, 0.5) is 0 Å². The van der Waals surface area contributed by atoms with Gasteiger partial charge in [-0.3, -0.25) is 0 Å². The summed E-state index contributed by atoms with van der Waals surface area (Å²) in [6.07, 6.45) is 4.88. The van der Waals surface area contributed by atoms with Gasteiger partial charge in [-0.15, -0.1) is 0 Å². The molecule has 54 valence electrons. The Morgan fingerprint density at radius 1 is 1.56 bits per heavy atom. The summed E-state index contributed by atoms with van der Waals surface area (Å²) in [4.78, 5) is 0. The minimum Gasteiger partial charge on any atom is -0.0459 e. The molecule has 1 saturated carbocycles. The second-order valence-electron chi connectivity index (χ2n) is 3.42. The summed E-state index contributed by atoms with van der Waals surface area (Å²) in [6, 6.07) is 0. The van der Waals surface area contributed by atoms with E-state index < -0.39 is 7.26 Å². The molecule has 1 aliphatic rings. The van der Waals surface area contributed by atoms with Crippen molar-refractivity contribution in [2.24, 2.45) is 0 Å². The van der Waals surface area contributed by atoms with E-state index >= 15 is 0 Å². The first kappa shape index (κ1) is 6.16. The average molecular weight is 146 g/mol. The minimum atomic E-state index is -0.873. The van der Waals surface area contributed by atoms with E-state index in [2.05, 4.69) is 20.3 Å². The Morgan fingerprint density at radius 2 is 2.11 bits per heavy atom. The molecule has 0 aromatic rings. The molecule has 0 spiro atoms. The molecule has 0 N–H and O–H groups in total. The van der Waals surface area contributed by atoms with Gasteiger partial charge in [0, 0.05) is 20.6 Å². The Balaban J connectivity index is 2.61. The van der Waals surface area contributed by atoms with Gasteiger partial charge in [-0.1, -0.05) is 0 Å². The van der Waals surface area contributed by atoms with Crippen LogP contribution in [0.5, 0.6) is 0 Å². The Morgan fingerprint density at radius 3 is 2.22 bits per heavy atom. The molecule has 0 aliphatic heterocycles. The van der Waals surface area contributed by atoms with Crippen molar-refractivity contribution in [3.8, 4) is 0 Å². The molecule has 1 fully saturated rings. The molecule has 0 amide bonds. The highest BCUT2D eigenvalue weighted by Crippen LogP contribution is 2.61. The summed E-state index contributed by atoms with van der Waals surface area (Å²) >= 11 is 0. The summed E-state index contributed by atoms with van der Waals surface area (Å²) in [5.74, 6) is 0. The summed E-state index contributed by atoms with van der Waals surface area (Å²) in [5.41, 5.74) is 0.0295. The predicted molar refractivity (Wildman–Crippen MR) is 46.9 cm³/mol. The summed E-state index contributed by atoms with van der Waals surface area (Å²) < 4.78 is 8.11. The van der Waals surface area contributed by atoms with Crippen molar-refractivity contribution in [2.45, 2.75) is 31.8 Å². The summed E-state index contributed by atoms with van der Waals surface area (Å²) in [6.45, 7) is 6.90. The van der Waals surface area contributed by atoms with Gasteiger partial charge in [0.05, 0.1) is 13.2 Å². The van der Waals surface area contributed by atoms with E-state index in [-0.39, 0.29) is 5.64 Å². The molecule has 0 heterocycles. The second kappa shape index (κ2) is 2.58. The number of hydrogen-bond acceptors (Lipinski definition) is 0. The molecular weight excluding hydrogens is 127 g/mol. The molecule has 1 rings (SSSR count). The standard InChI is InChI=1S/C8H18P/c1-4-9(2,3)8-6-5-7-8/h8H,4-7H2,1-3H3/q+1/i8D. The zero-order chi connectivity index (χ0) is 7.83. The van der Waals surface area contributed by atoms with Crippen molar-refractivity contribution in [3.05, 3.63) is 0 Å². The molecule has 0 unspecified atom stereocenters. The maximum Gasteiger partial charge on any atom is 0.0745 e. The van der Waals surface area contributed by atoms with E-state index in [1.807, 2.05) is 0 Å². The van der Waals surface area contributed by atoms with Gasteiger partial charge in [-0.25, -0.2) is 0 Å². The average Bonchev–Trinajstić information content (AvgIpc) is 1.82. The Bertz CT molecular complexity index is 118. The maximum absolute atomic E-state index is 8.11. The van der Waals surface area contributed by atoms with Crippen LogP contribution >= 0.6 is 7.26 Å². The molecule has 0 radical (unpaired) electrons. The summed E-state index contributed by atoms with van der Waals surface area (Å²) in [7, 11) is -0.873. The van der Waals surface area contributed by atoms with Gasteiger partial charge in [0.25, 0.3) is 0 Å². The fourth-order valence-electron chi connectivity index (χ4n) is 1.16. The highest BCUT2D eigenvalue weighted by Gasteiger charge is 2.38. The monoisotopic (exact) mass is 146 g/mol. The van der Waals surface area contributed by atoms with Gasteiger partial charge < -0.3 is 0 Å². The van der Waals surface area contributed by atoms with E-state index in [1.165, 1.54) is 25.4 Å². The fraction of sp³-hybridized carbons (Fsp3) is 1.00. The van der Waals surface area contributed by atoms with Gasteiger partial charge >= 0.3 is 0 Å². The Labute approximate surface area is 60.8 Å². The third kappa shape index (κ3) is 1.46. The third-order valence-corrected chi connectivity index (χ3v) is 6.32. The lowest BCUT2D eigenvalue weighted by molar-refractivity contribution is 0.510. The van der Waals surface area contributed by atoms with Crippen molar-refractivity contribution >= 4 is 7.26 Å². The lowest BCUT2D eigenvalue weighted by atomic mass is 10.00. The minimum absolute atomic E-state index is 0.0295. The van der Waals surface area contributed by atoms with Crippen LogP contribution < -0.4 is 0 Å². The van der Waals surface area contributed by atoms with Crippen LogP contribution in [-0.4, -0.2) is 25.1 Å². The Kier molecular flexibility index (Phi) is 1.77. The molecule has 1 heteroatoms. The topological polar surface area (TPSA) is 0 Å². The molecule has 0 aromatic heterocycles. The van der Waals surface area contributed by atoms with E-state index in [9.17, 15) is 0 Å². The first-order chi connectivity index (χ1) is 4.52. The van der Waals surface area contributed by atoms with Crippen LogP contribution in [0.1, 0.15) is 27.6 Å². The molecular formula is C8H18P+. The van der Waals surface area contributed by atoms with Crippen molar-refractivity contribution < 1.29 is 1.37 Å². The molecule has 9 heavy (non-hydrogen) atoms. The molecule has 1 aliphatic carbocycles. The SMILES string of the molecule is [2H]C1([P+](C)(C)CC)CCC1. The number of hydrogen-bond donors (Lipinski definition) is 0. The van der Waals surface area contributed by atoms with E-state index in [0.29, 0.717) is 0 Å². The number of rotatable bonds is 2. The Hall–Kier alpha value is 0.430. The van der Waals surface area contributed by atoms with Crippen LogP contribution in [0.3, 0.4) is 0 Å². The van der Waals surface area contributed by atoms with Crippen LogP contribution in [0, 0.1) is 0 Å². The van der Waals surface area contributed by atoms with Gasteiger partial charge in [0.15, 0.2) is 0 Å². The van der Waals surface area contributed by atoms with E-state index in [1.54, 1.807) is 0 Å². The largest absolute Gasteiger partial charge is 0.0745 e. The van der Waals surface area contributed by atoms with Crippen molar-refractivity contribution in [1.29, 1.82) is 0 Å². The molecule has 0 atom stereocenters. The predicted octanol–water partition coefficient (Wildman–Crippen LogP) is 2.84. The zero-order valence-electron chi connectivity index (χ0n) is 7.78. The maximum atomic E-state index is 8.11. The highest BCUT2D eigenvalue weighted by molar-refractivity contribution is 7.75. The lowest BCUT2D eigenvalue weighted by Crippen LogP contribution is -2.21. The van der Waals surface area contributed by atoms with Gasteiger partial charge in [0.1, 0.15) is 0 Å². The van der Waals surface area contributed by atoms with Gasteiger partial charge in [-0.2, -0.15) is 0 Å². The quantitative estimate of drug-likeness (QED) is 0.525. The zero-order valence-corrected chi connectivity index (χ0v) is 7.67. The van der Waals surface area contributed by atoms with Gasteiger partial charge in [-0.05, 0) is 26.2 Å². The molecule has 0 nitrogen and oxygen atoms in total. The molecule has 0 saturated heterocycles. The van der Waals surface area contributed by atoms with Crippen LogP contribution in [-0.2, 0) is 0 Å². The first-order valence-electron chi connectivity index (χ1n) is 4.35. The summed E-state index contributed by atoms with van der Waals surface area (Å²) in [5, 5.41) is 0. The normalized spacial score (nSPS) is 26.8. The van der Waals surface area contributed by atoms with Crippen molar-refractivity contribution in [3.63, 3.8) is 0 Å². The smallest absolute Gasteiger partial charge is 0.0459 e. The van der Waals surface area contributed by atoms with Crippen LogP contribution in [0.15, 0.2) is 0 Å². The third-order valence-electron chi connectivity index (χ3n) is 2.58. The van der Waals surface area contributed by atoms with Gasteiger partial charge in [0.2, 0.25) is 0 Å². The van der Waals surface area contributed by atoms with E-state index in [4.69, 9.17) is 1.37 Å². The van der Waals surface area contributed by atoms with Crippen molar-refractivity contribution in [2.75, 3.05) is 19.5 Å². The fourth-order valence-corrected chi connectivity index (χ4v) is 3.14. The van der Waals surface area contributed by atoms with E-state index in [0.717, 1.165) is 0 Å². The van der Waals surface area contributed by atoms with Crippen LogP contribution in [0.25, 0.3) is 0 Å². The highest BCUT2D eigenvalue weighted by atomic mass is 31.2. The molecule has 0 bridgehead atoms. The van der Waals surface area contributed by atoms with Crippen molar-refractivity contribution in [1.82, 2.24) is 0 Å². The van der Waals surface area contributed by atoms with Crippen LogP contribution in [0.2, 0.25) is 0 Å². The lowest BCUT2D eigenvalue weighted by Gasteiger charge is -2.33. The second-order valence-corrected chi connectivity index (χ2v) is 8.06. The first-order valence-corrected chi connectivity index (χ1v) is 6.72.